The van der Waals surface area contributed by atoms with E-state index in [1.807, 2.05) is 79.9 Å². The molecule has 4 amide bonds. The lowest BCUT2D eigenvalue weighted by Gasteiger charge is -2.26. The van der Waals surface area contributed by atoms with E-state index in [-0.39, 0.29) is 5.57 Å². The standard InChI is InChI=1S/C30H27N3O4/c1-2-21-13-15-23(16-14-21)33-29(35)26(28(34)31-30(33)36)19-22-20-32(27-12-7-6-11-25(22)27)17-8-18-37-24-9-4-3-5-10-24/h3-7,9-16,19-20H,2,8,17-18H2,1H3,(H,31,34,36)/b26-19+. The van der Waals surface area contributed by atoms with Crippen LogP contribution in [0.15, 0.2) is 90.6 Å². The lowest BCUT2D eigenvalue weighted by molar-refractivity contribution is -0.122. The Kier molecular flexibility index (Phi) is 6.85. The number of aryl methyl sites for hydroxylation is 2. The number of fused-ring (bicyclic) bond motifs is 1. The van der Waals surface area contributed by atoms with Crippen molar-refractivity contribution in [1.29, 1.82) is 0 Å². The third-order valence-electron chi connectivity index (χ3n) is 6.38. The summed E-state index contributed by atoms with van der Waals surface area (Å²) >= 11 is 0. The second-order valence-electron chi connectivity index (χ2n) is 8.79. The van der Waals surface area contributed by atoms with E-state index in [1.165, 1.54) is 0 Å². The third-order valence-corrected chi connectivity index (χ3v) is 6.38. The van der Waals surface area contributed by atoms with E-state index in [9.17, 15) is 14.4 Å². The second-order valence-corrected chi connectivity index (χ2v) is 8.79. The molecular formula is C30H27N3O4. The number of imide groups is 2. The van der Waals surface area contributed by atoms with Crippen molar-refractivity contribution >= 4 is 40.5 Å². The molecule has 4 aromatic rings. The fraction of sp³-hybridized carbons (Fsp3) is 0.167. The number of carbonyl (C=O) groups excluding carboxylic acids is 3. The number of carbonyl (C=O) groups is 3. The number of benzene rings is 3. The van der Waals surface area contributed by atoms with Gasteiger partial charge < -0.3 is 9.30 Å². The minimum Gasteiger partial charge on any atom is -0.494 e. The fourth-order valence-corrected chi connectivity index (χ4v) is 4.45. The van der Waals surface area contributed by atoms with Crippen LogP contribution in [0.5, 0.6) is 5.75 Å². The molecule has 1 aliphatic heterocycles. The lowest BCUT2D eigenvalue weighted by atomic mass is 10.1. The number of amides is 4. The van der Waals surface area contributed by atoms with E-state index in [1.54, 1.807) is 18.2 Å². The number of ether oxygens (including phenoxy) is 1. The summed E-state index contributed by atoms with van der Waals surface area (Å²) in [5, 5.41) is 3.22. The number of rotatable bonds is 8. The summed E-state index contributed by atoms with van der Waals surface area (Å²) in [5.41, 5.74) is 3.13. The Morgan fingerprint density at radius 1 is 0.892 bits per heavy atom. The normalized spacial score (nSPS) is 14.9. The molecule has 0 atom stereocenters. The molecule has 1 fully saturated rings. The van der Waals surface area contributed by atoms with Crippen molar-refractivity contribution in [2.75, 3.05) is 11.5 Å². The van der Waals surface area contributed by atoms with Crippen molar-refractivity contribution in [3.8, 4) is 5.75 Å². The first kappa shape index (κ1) is 24.1. The molecule has 5 rings (SSSR count). The maximum Gasteiger partial charge on any atom is 0.335 e. The summed E-state index contributed by atoms with van der Waals surface area (Å²) in [4.78, 5) is 39.6. The van der Waals surface area contributed by atoms with Gasteiger partial charge in [-0.3, -0.25) is 14.9 Å². The number of nitrogens with zero attached hydrogens (tertiary/aromatic N) is 2. The number of para-hydroxylation sites is 2. The summed E-state index contributed by atoms with van der Waals surface area (Å²) in [7, 11) is 0. The van der Waals surface area contributed by atoms with Gasteiger partial charge in [-0.05, 0) is 54.8 Å². The highest BCUT2D eigenvalue weighted by molar-refractivity contribution is 6.39. The van der Waals surface area contributed by atoms with Gasteiger partial charge in [-0.25, -0.2) is 9.69 Å². The van der Waals surface area contributed by atoms with Crippen molar-refractivity contribution < 1.29 is 19.1 Å². The van der Waals surface area contributed by atoms with Crippen molar-refractivity contribution in [2.45, 2.75) is 26.3 Å². The summed E-state index contributed by atoms with van der Waals surface area (Å²) in [6, 6.07) is 23.9. The minimum atomic E-state index is -0.753. The van der Waals surface area contributed by atoms with Gasteiger partial charge in [0, 0.05) is 29.2 Å². The second kappa shape index (κ2) is 10.5. The lowest BCUT2D eigenvalue weighted by Crippen LogP contribution is -2.54. The summed E-state index contributed by atoms with van der Waals surface area (Å²) in [6.45, 7) is 3.28. The molecule has 7 heteroatoms. The minimum absolute atomic E-state index is 0.0884. The van der Waals surface area contributed by atoms with Gasteiger partial charge in [0.15, 0.2) is 0 Å². The number of urea groups is 1. The first-order valence-electron chi connectivity index (χ1n) is 12.3. The van der Waals surface area contributed by atoms with Gasteiger partial charge in [-0.1, -0.05) is 55.5 Å². The molecule has 0 radical (unpaired) electrons. The molecule has 2 heterocycles. The Balaban J connectivity index is 1.40. The monoisotopic (exact) mass is 493 g/mol. The van der Waals surface area contributed by atoms with Gasteiger partial charge in [0.1, 0.15) is 11.3 Å². The SMILES string of the molecule is CCc1ccc(N2C(=O)NC(=O)/C(=C\c3cn(CCCOc4ccccc4)c4ccccc34)C2=O)cc1. The van der Waals surface area contributed by atoms with Crippen LogP contribution in [0.2, 0.25) is 0 Å². The Labute approximate surface area is 215 Å². The molecule has 0 unspecified atom stereocenters. The number of hydrogen-bond acceptors (Lipinski definition) is 4. The first-order valence-corrected chi connectivity index (χ1v) is 12.3. The number of anilines is 1. The third kappa shape index (κ3) is 5.02. The molecule has 0 saturated carbocycles. The molecule has 0 bridgehead atoms. The van der Waals surface area contributed by atoms with E-state index < -0.39 is 17.8 Å². The zero-order valence-electron chi connectivity index (χ0n) is 20.5. The Bertz CT molecular complexity index is 1490. The van der Waals surface area contributed by atoms with Crippen LogP contribution in [-0.2, 0) is 22.6 Å². The van der Waals surface area contributed by atoms with Gasteiger partial charge in [-0.15, -0.1) is 0 Å². The maximum atomic E-state index is 13.3. The molecule has 7 nitrogen and oxygen atoms in total. The summed E-state index contributed by atoms with van der Waals surface area (Å²) < 4.78 is 7.91. The molecule has 37 heavy (non-hydrogen) atoms. The van der Waals surface area contributed by atoms with Gasteiger partial charge >= 0.3 is 6.03 Å². The average molecular weight is 494 g/mol. The van der Waals surface area contributed by atoms with Gasteiger partial charge in [0.2, 0.25) is 0 Å². The average Bonchev–Trinajstić information content (AvgIpc) is 3.27. The molecule has 186 valence electrons. The van der Waals surface area contributed by atoms with Crippen molar-refractivity contribution in [2.24, 2.45) is 0 Å². The molecule has 1 aromatic heterocycles. The van der Waals surface area contributed by atoms with Crippen LogP contribution in [-0.4, -0.2) is 29.0 Å². The zero-order valence-corrected chi connectivity index (χ0v) is 20.5. The highest BCUT2D eigenvalue weighted by Crippen LogP contribution is 2.27. The van der Waals surface area contributed by atoms with E-state index in [2.05, 4.69) is 9.88 Å². The molecule has 1 saturated heterocycles. The predicted molar refractivity (Wildman–Crippen MR) is 143 cm³/mol. The highest BCUT2D eigenvalue weighted by Gasteiger charge is 2.37. The maximum absolute atomic E-state index is 13.3. The van der Waals surface area contributed by atoms with Crippen molar-refractivity contribution in [1.82, 2.24) is 9.88 Å². The highest BCUT2D eigenvalue weighted by atomic mass is 16.5. The van der Waals surface area contributed by atoms with E-state index in [0.29, 0.717) is 18.8 Å². The van der Waals surface area contributed by atoms with Crippen molar-refractivity contribution in [3.63, 3.8) is 0 Å². The Morgan fingerprint density at radius 3 is 2.38 bits per heavy atom. The Hall–Kier alpha value is -4.65. The van der Waals surface area contributed by atoms with Gasteiger partial charge in [0.05, 0.1) is 12.3 Å². The zero-order chi connectivity index (χ0) is 25.8. The predicted octanol–water partition coefficient (Wildman–Crippen LogP) is 5.34. The van der Waals surface area contributed by atoms with Crippen LogP contribution in [0, 0.1) is 0 Å². The largest absolute Gasteiger partial charge is 0.494 e. The fourth-order valence-electron chi connectivity index (χ4n) is 4.45. The molecule has 0 spiro atoms. The van der Waals surface area contributed by atoms with Crippen LogP contribution in [0.25, 0.3) is 17.0 Å². The number of nitrogens with one attached hydrogen (secondary N) is 1. The van der Waals surface area contributed by atoms with Gasteiger partial charge in [0.25, 0.3) is 11.8 Å². The summed E-state index contributed by atoms with van der Waals surface area (Å²) in [5.74, 6) is -0.522. The topological polar surface area (TPSA) is 80.6 Å². The van der Waals surface area contributed by atoms with Crippen LogP contribution in [0.3, 0.4) is 0 Å². The van der Waals surface area contributed by atoms with Crippen molar-refractivity contribution in [3.05, 3.63) is 102 Å². The molecule has 3 aromatic carbocycles. The quantitative estimate of drug-likeness (QED) is 0.204. The van der Waals surface area contributed by atoms with Crippen LogP contribution >= 0.6 is 0 Å². The molecule has 1 aliphatic rings. The van der Waals surface area contributed by atoms with E-state index >= 15 is 0 Å². The summed E-state index contributed by atoms with van der Waals surface area (Å²) in [6.07, 6.45) is 5.11. The van der Waals surface area contributed by atoms with Gasteiger partial charge in [-0.2, -0.15) is 0 Å². The van der Waals surface area contributed by atoms with E-state index in [0.717, 1.165) is 45.5 Å². The van der Waals surface area contributed by atoms with Crippen LogP contribution in [0.4, 0.5) is 10.5 Å². The molecule has 1 N–H and O–H groups in total. The van der Waals surface area contributed by atoms with E-state index in [4.69, 9.17) is 4.74 Å². The molecular weight excluding hydrogens is 466 g/mol. The first-order chi connectivity index (χ1) is 18.0. The van der Waals surface area contributed by atoms with Crippen LogP contribution in [0.1, 0.15) is 24.5 Å². The Morgan fingerprint density at radius 2 is 1.62 bits per heavy atom. The smallest absolute Gasteiger partial charge is 0.335 e. The number of barbiturate groups is 1. The number of hydrogen-bond donors (Lipinski definition) is 1. The molecule has 0 aliphatic carbocycles. The van der Waals surface area contributed by atoms with Crippen LogP contribution < -0.4 is 15.0 Å². The number of aromatic nitrogens is 1.